The Morgan fingerprint density at radius 3 is 1.79 bits per heavy atom. The highest BCUT2D eigenvalue weighted by Crippen LogP contribution is 2.44. The molecule has 5 nitrogen and oxygen atoms in total. The highest BCUT2D eigenvalue weighted by molar-refractivity contribution is 7.25. The molecule has 0 amide bonds. The van der Waals surface area contributed by atoms with Crippen LogP contribution in [0.3, 0.4) is 0 Å². The number of aromatic nitrogens is 4. The summed E-state index contributed by atoms with van der Waals surface area (Å²) in [6.07, 6.45) is 0. The number of thiophene rings is 1. The fourth-order valence-corrected chi connectivity index (χ4v) is 9.59. The molecule has 4 heterocycles. The van der Waals surface area contributed by atoms with Gasteiger partial charge in [0, 0.05) is 74.9 Å². The third-order valence-electron chi connectivity index (χ3n) is 11.1. The Morgan fingerprint density at radius 2 is 0.931 bits per heavy atom. The number of fused-ring (bicyclic) bond motifs is 10. The van der Waals surface area contributed by atoms with Gasteiger partial charge >= 0.3 is 0 Å². The Morgan fingerprint density at radius 1 is 0.345 bits per heavy atom. The molecular weight excluding hydrogens is 729 g/mol. The minimum absolute atomic E-state index is 0.609. The molecule has 270 valence electrons. The van der Waals surface area contributed by atoms with Crippen molar-refractivity contribution in [2.75, 3.05) is 0 Å². The van der Waals surface area contributed by atoms with Gasteiger partial charge in [0.2, 0.25) is 0 Å². The lowest BCUT2D eigenvalue weighted by Gasteiger charge is -2.11. The van der Waals surface area contributed by atoms with E-state index in [-0.39, 0.29) is 0 Å². The lowest BCUT2D eigenvalue weighted by Crippen LogP contribution is -2.00. The number of para-hydroxylation sites is 2. The Labute approximate surface area is 336 Å². The molecule has 6 heteroatoms. The van der Waals surface area contributed by atoms with Gasteiger partial charge in [0.05, 0.1) is 11.2 Å². The summed E-state index contributed by atoms with van der Waals surface area (Å²) in [6, 6.07) is 63.1. The van der Waals surface area contributed by atoms with E-state index < -0.39 is 0 Å². The minimum Gasteiger partial charge on any atom is -0.455 e. The Balaban J connectivity index is 1.05. The summed E-state index contributed by atoms with van der Waals surface area (Å²) < 4.78 is 9.50. The average Bonchev–Trinajstić information content (AvgIpc) is 3.88. The Kier molecular flexibility index (Phi) is 7.33. The average molecular weight is 759 g/mol. The van der Waals surface area contributed by atoms with Crippen molar-refractivity contribution in [2.24, 2.45) is 0 Å². The van der Waals surface area contributed by atoms with E-state index >= 15 is 0 Å². The van der Waals surface area contributed by atoms with Crippen LogP contribution in [0.1, 0.15) is 0 Å². The van der Waals surface area contributed by atoms with Crippen LogP contribution in [0.2, 0.25) is 0 Å². The maximum absolute atomic E-state index is 7.05. The summed E-state index contributed by atoms with van der Waals surface area (Å²) in [5.74, 6) is 1.88. The molecule has 0 aliphatic rings. The molecule has 4 aromatic heterocycles. The van der Waals surface area contributed by atoms with Gasteiger partial charge in [-0.2, -0.15) is 0 Å². The number of furan rings is 1. The van der Waals surface area contributed by atoms with Gasteiger partial charge in [-0.3, -0.25) is 0 Å². The third-order valence-corrected chi connectivity index (χ3v) is 12.3. The topological polar surface area (TPSA) is 64.7 Å². The van der Waals surface area contributed by atoms with Crippen LogP contribution in [-0.2, 0) is 0 Å². The first-order valence-electron chi connectivity index (χ1n) is 19.3. The standard InChI is InChI=1S/C52H30N4OS/c1-3-14-31(15-4-1)47-40-29-28-37-36-23-12-22-35(48(36)57-49(37)46(40)38-20-7-9-25-42(38)53-47)33-18-11-19-34(30-33)51-54-50(32-16-5-2-6-17-32)55-52(56-51)41-24-13-27-44-45(41)39-21-8-10-26-43(39)58-44/h1-30H. The van der Waals surface area contributed by atoms with Crippen molar-refractivity contribution in [3.05, 3.63) is 182 Å². The van der Waals surface area contributed by atoms with Crippen LogP contribution >= 0.6 is 11.3 Å². The number of rotatable bonds is 5. The summed E-state index contributed by atoms with van der Waals surface area (Å²) >= 11 is 1.79. The van der Waals surface area contributed by atoms with Gasteiger partial charge < -0.3 is 4.42 Å². The molecule has 0 saturated carbocycles. The van der Waals surface area contributed by atoms with Crippen molar-refractivity contribution in [1.29, 1.82) is 0 Å². The second kappa shape index (κ2) is 13.0. The smallest absolute Gasteiger partial charge is 0.164 e. The summed E-state index contributed by atoms with van der Waals surface area (Å²) in [4.78, 5) is 20.6. The number of pyridine rings is 1. The van der Waals surface area contributed by atoms with E-state index in [1.54, 1.807) is 11.3 Å². The van der Waals surface area contributed by atoms with Gasteiger partial charge in [0.1, 0.15) is 11.2 Å². The van der Waals surface area contributed by atoms with Crippen molar-refractivity contribution in [2.45, 2.75) is 0 Å². The molecule has 0 radical (unpaired) electrons. The van der Waals surface area contributed by atoms with Crippen LogP contribution < -0.4 is 0 Å². The van der Waals surface area contributed by atoms with E-state index in [0.717, 1.165) is 88.1 Å². The van der Waals surface area contributed by atoms with Crippen LogP contribution in [-0.4, -0.2) is 19.9 Å². The molecule has 12 aromatic rings. The zero-order chi connectivity index (χ0) is 38.2. The van der Waals surface area contributed by atoms with Crippen LogP contribution in [0, 0.1) is 0 Å². The zero-order valence-corrected chi connectivity index (χ0v) is 31.7. The molecule has 0 N–H and O–H groups in total. The highest BCUT2D eigenvalue weighted by atomic mass is 32.1. The fraction of sp³-hybridized carbons (Fsp3) is 0. The van der Waals surface area contributed by atoms with E-state index in [9.17, 15) is 0 Å². The van der Waals surface area contributed by atoms with Crippen LogP contribution in [0.15, 0.2) is 186 Å². The van der Waals surface area contributed by atoms with Crippen molar-refractivity contribution < 1.29 is 4.42 Å². The van der Waals surface area contributed by atoms with Crippen molar-refractivity contribution >= 4 is 75.1 Å². The van der Waals surface area contributed by atoms with E-state index in [1.165, 1.54) is 14.8 Å². The van der Waals surface area contributed by atoms with Crippen molar-refractivity contribution in [3.63, 3.8) is 0 Å². The van der Waals surface area contributed by atoms with E-state index in [4.69, 9.17) is 24.4 Å². The van der Waals surface area contributed by atoms with Gasteiger partial charge in [-0.05, 0) is 35.9 Å². The number of benzene rings is 8. The molecule has 0 aliphatic heterocycles. The summed E-state index contributed by atoms with van der Waals surface area (Å²) in [6.45, 7) is 0. The monoisotopic (exact) mass is 758 g/mol. The molecule has 0 fully saturated rings. The first kappa shape index (κ1) is 32.7. The van der Waals surface area contributed by atoms with Crippen LogP contribution in [0.5, 0.6) is 0 Å². The van der Waals surface area contributed by atoms with Gasteiger partial charge in [0.15, 0.2) is 17.5 Å². The quantitative estimate of drug-likeness (QED) is 0.164. The Hall–Kier alpha value is -7.54. The number of nitrogens with zero attached hydrogens (tertiary/aromatic N) is 4. The van der Waals surface area contributed by atoms with Crippen molar-refractivity contribution in [1.82, 2.24) is 19.9 Å². The van der Waals surface area contributed by atoms with Crippen molar-refractivity contribution in [3.8, 4) is 56.5 Å². The first-order chi connectivity index (χ1) is 28.7. The fourth-order valence-electron chi connectivity index (χ4n) is 8.46. The van der Waals surface area contributed by atoms with Crippen LogP contribution in [0.25, 0.3) is 120 Å². The number of hydrogen-bond donors (Lipinski definition) is 0. The molecule has 0 spiro atoms. The van der Waals surface area contributed by atoms with E-state index in [1.807, 2.05) is 42.5 Å². The SMILES string of the molecule is c1ccc(-c2nc(-c3cccc(-c4cccc5c4oc4c5ccc5c(-c6ccccc6)nc6ccccc6c54)c3)nc(-c3cccc4sc5ccccc5c34)n2)cc1. The molecular formula is C52H30N4OS. The normalized spacial score (nSPS) is 11.8. The second-order valence-corrected chi connectivity index (χ2v) is 15.6. The lowest BCUT2D eigenvalue weighted by molar-refractivity contribution is 0.674. The maximum Gasteiger partial charge on any atom is 0.164 e. The van der Waals surface area contributed by atoms with Crippen LogP contribution in [0.4, 0.5) is 0 Å². The molecule has 0 saturated heterocycles. The molecule has 0 atom stereocenters. The molecule has 0 unspecified atom stereocenters. The summed E-state index contributed by atoms with van der Waals surface area (Å²) in [7, 11) is 0. The summed E-state index contributed by atoms with van der Waals surface area (Å²) in [5, 5.41) is 7.69. The van der Waals surface area contributed by atoms with Gasteiger partial charge in [-0.15, -0.1) is 11.3 Å². The van der Waals surface area contributed by atoms with Gasteiger partial charge in [-0.1, -0.05) is 152 Å². The third kappa shape index (κ3) is 5.16. The predicted octanol–water partition coefficient (Wildman–Crippen LogP) is 14.2. The minimum atomic E-state index is 0.609. The predicted molar refractivity (Wildman–Crippen MR) is 240 cm³/mol. The molecule has 58 heavy (non-hydrogen) atoms. The lowest BCUT2D eigenvalue weighted by atomic mass is 9.97. The van der Waals surface area contributed by atoms with E-state index in [0.29, 0.717) is 17.5 Å². The largest absolute Gasteiger partial charge is 0.455 e. The second-order valence-electron chi connectivity index (χ2n) is 14.5. The summed E-state index contributed by atoms with van der Waals surface area (Å²) in [5.41, 5.74) is 9.47. The molecule has 0 aliphatic carbocycles. The van der Waals surface area contributed by atoms with Gasteiger partial charge in [0.25, 0.3) is 0 Å². The zero-order valence-electron chi connectivity index (χ0n) is 30.9. The molecule has 8 aromatic carbocycles. The Bertz CT molecular complexity index is 3570. The molecule has 12 rings (SSSR count). The highest BCUT2D eigenvalue weighted by Gasteiger charge is 2.21. The maximum atomic E-state index is 7.05. The number of hydrogen-bond acceptors (Lipinski definition) is 6. The van der Waals surface area contributed by atoms with Gasteiger partial charge in [-0.25, -0.2) is 19.9 Å². The van der Waals surface area contributed by atoms with E-state index in [2.05, 4.69) is 140 Å². The first-order valence-corrected chi connectivity index (χ1v) is 20.1. The molecule has 0 bridgehead atoms.